The minimum atomic E-state index is -0.867. The molecule has 4 nitrogen and oxygen atoms in total. The maximum Gasteiger partial charge on any atom is 0.336 e. The van der Waals surface area contributed by atoms with Gasteiger partial charge in [0.1, 0.15) is 11.7 Å². The lowest BCUT2D eigenvalue weighted by Crippen LogP contribution is -2.08. The number of ether oxygens (including phenoxy) is 1. The first-order chi connectivity index (χ1) is 7.76. The van der Waals surface area contributed by atoms with Crippen LogP contribution in [0.15, 0.2) is 39.5 Å². The fourth-order valence-electron chi connectivity index (χ4n) is 1.59. The highest BCUT2D eigenvalue weighted by Crippen LogP contribution is 2.23. The van der Waals surface area contributed by atoms with Crippen LogP contribution in [0.2, 0.25) is 0 Å². The van der Waals surface area contributed by atoms with E-state index >= 15 is 0 Å². The number of carbonyl (C=O) groups excluding carboxylic acids is 1. The largest absolute Gasteiger partial charge is 0.423 e. The fourth-order valence-corrected chi connectivity index (χ4v) is 1.59. The Morgan fingerprint density at radius 2 is 2.12 bits per heavy atom. The number of para-hydroxylation sites is 1. The van der Waals surface area contributed by atoms with Crippen LogP contribution in [0.3, 0.4) is 0 Å². The summed E-state index contributed by atoms with van der Waals surface area (Å²) < 4.78 is 9.94. The Morgan fingerprint density at radius 3 is 2.81 bits per heavy atom. The summed E-state index contributed by atoms with van der Waals surface area (Å²) >= 11 is 0. The summed E-state index contributed by atoms with van der Waals surface area (Å²) in [6, 6.07) is 8.22. The van der Waals surface area contributed by atoms with E-state index in [0.717, 1.165) is 0 Å². The van der Waals surface area contributed by atoms with Gasteiger partial charge in [0.15, 0.2) is 0 Å². The Kier molecular flexibility index (Phi) is 2.83. The molecular weight excluding hydrogens is 208 g/mol. The molecule has 1 heterocycles. The molecule has 2 rings (SSSR count). The van der Waals surface area contributed by atoms with Crippen LogP contribution in [0.1, 0.15) is 11.7 Å². The van der Waals surface area contributed by atoms with Crippen molar-refractivity contribution in [1.29, 1.82) is 0 Å². The van der Waals surface area contributed by atoms with Crippen LogP contribution in [0.4, 0.5) is 0 Å². The monoisotopic (exact) mass is 217 g/mol. The molecule has 1 radical (unpaired) electrons. The zero-order chi connectivity index (χ0) is 11.5. The molecule has 0 N–H and O–H groups in total. The molecule has 0 aliphatic rings. The molecule has 0 fully saturated rings. The SMILES string of the molecule is COC([C]=O)c1cc(=O)oc2ccccc12. The van der Waals surface area contributed by atoms with Gasteiger partial charge in [-0.3, -0.25) is 4.79 Å². The minimum Gasteiger partial charge on any atom is -0.423 e. The first-order valence-corrected chi connectivity index (χ1v) is 4.69. The number of hydrogen-bond acceptors (Lipinski definition) is 4. The van der Waals surface area contributed by atoms with Gasteiger partial charge in [0.05, 0.1) is 0 Å². The van der Waals surface area contributed by atoms with Crippen molar-refractivity contribution >= 4 is 17.3 Å². The Morgan fingerprint density at radius 1 is 1.38 bits per heavy atom. The molecule has 0 aliphatic heterocycles. The summed E-state index contributed by atoms with van der Waals surface area (Å²) in [5.74, 6) is 0. The Labute approximate surface area is 91.4 Å². The lowest BCUT2D eigenvalue weighted by molar-refractivity contribution is 0.155. The molecule has 1 unspecified atom stereocenters. The summed E-state index contributed by atoms with van der Waals surface area (Å²) in [7, 11) is 1.39. The average Bonchev–Trinajstić information content (AvgIpc) is 2.30. The van der Waals surface area contributed by atoms with Crippen molar-refractivity contribution in [3.8, 4) is 0 Å². The second-order valence-electron chi connectivity index (χ2n) is 3.25. The standard InChI is InChI=1S/C12H9O4/c1-15-11(7-13)9-6-12(14)16-10-5-3-2-4-8(9)10/h2-6,11H,1H3. The Hall–Kier alpha value is -1.94. The smallest absolute Gasteiger partial charge is 0.336 e. The molecule has 4 heteroatoms. The normalized spacial score (nSPS) is 12.6. The Balaban J connectivity index is 2.76. The first kappa shape index (κ1) is 10.6. The van der Waals surface area contributed by atoms with Crippen LogP contribution in [0.25, 0.3) is 11.0 Å². The molecule has 16 heavy (non-hydrogen) atoms. The molecule has 0 saturated carbocycles. The Bertz CT molecular complexity index is 570. The van der Waals surface area contributed by atoms with Crippen molar-refractivity contribution in [2.75, 3.05) is 7.11 Å². The van der Waals surface area contributed by atoms with Crippen LogP contribution in [0, 0.1) is 0 Å². The minimum absolute atomic E-state index is 0.433. The highest BCUT2D eigenvalue weighted by atomic mass is 16.5. The van der Waals surface area contributed by atoms with Gasteiger partial charge in [0.25, 0.3) is 0 Å². The molecule has 1 aromatic heterocycles. The van der Waals surface area contributed by atoms with E-state index in [1.807, 2.05) is 0 Å². The van der Waals surface area contributed by atoms with Crippen molar-refractivity contribution in [2.45, 2.75) is 6.10 Å². The third-order valence-electron chi connectivity index (χ3n) is 2.31. The molecule has 0 spiro atoms. The summed E-state index contributed by atoms with van der Waals surface area (Å²) in [4.78, 5) is 22.0. The van der Waals surface area contributed by atoms with E-state index in [1.54, 1.807) is 30.6 Å². The van der Waals surface area contributed by atoms with Crippen LogP contribution >= 0.6 is 0 Å². The predicted molar refractivity (Wildman–Crippen MR) is 57.9 cm³/mol. The van der Waals surface area contributed by atoms with E-state index in [4.69, 9.17) is 9.15 Å². The lowest BCUT2D eigenvalue weighted by atomic mass is 10.1. The molecule has 81 valence electrons. The van der Waals surface area contributed by atoms with E-state index in [2.05, 4.69) is 0 Å². The number of fused-ring (bicyclic) bond motifs is 1. The summed E-state index contributed by atoms with van der Waals surface area (Å²) in [5.41, 5.74) is 0.401. The fraction of sp³-hybridized carbons (Fsp3) is 0.167. The van der Waals surface area contributed by atoms with Gasteiger partial charge in [-0.1, -0.05) is 18.2 Å². The highest BCUT2D eigenvalue weighted by molar-refractivity contribution is 5.83. The van der Waals surface area contributed by atoms with Crippen LogP contribution in [-0.2, 0) is 9.53 Å². The summed E-state index contributed by atoms with van der Waals surface area (Å²) in [5, 5.41) is 0.678. The van der Waals surface area contributed by atoms with Crippen LogP contribution in [-0.4, -0.2) is 13.4 Å². The zero-order valence-corrected chi connectivity index (χ0v) is 8.60. The van der Waals surface area contributed by atoms with Gasteiger partial charge in [0.2, 0.25) is 6.29 Å². The third-order valence-corrected chi connectivity index (χ3v) is 2.31. The highest BCUT2D eigenvalue weighted by Gasteiger charge is 2.15. The molecule has 1 aromatic carbocycles. The number of rotatable bonds is 3. The van der Waals surface area contributed by atoms with Gasteiger partial charge in [0, 0.05) is 24.1 Å². The second kappa shape index (κ2) is 4.28. The molecule has 0 amide bonds. The van der Waals surface area contributed by atoms with E-state index in [-0.39, 0.29) is 0 Å². The third kappa shape index (κ3) is 1.75. The number of benzene rings is 1. The molecule has 2 aromatic rings. The predicted octanol–water partition coefficient (Wildman–Crippen LogP) is 1.59. The quantitative estimate of drug-likeness (QED) is 0.732. The van der Waals surface area contributed by atoms with Crippen LogP contribution in [0.5, 0.6) is 0 Å². The number of methoxy groups -OCH3 is 1. The van der Waals surface area contributed by atoms with Gasteiger partial charge < -0.3 is 9.15 Å². The van der Waals surface area contributed by atoms with Crippen LogP contribution < -0.4 is 5.63 Å². The van der Waals surface area contributed by atoms with Crippen molar-refractivity contribution in [3.05, 3.63) is 46.3 Å². The maximum absolute atomic E-state index is 11.3. The molecule has 1 atom stereocenters. The van der Waals surface area contributed by atoms with E-state index < -0.39 is 11.7 Å². The zero-order valence-electron chi connectivity index (χ0n) is 8.60. The first-order valence-electron chi connectivity index (χ1n) is 4.69. The molecule has 0 bridgehead atoms. The van der Waals surface area contributed by atoms with Crippen molar-refractivity contribution < 1.29 is 13.9 Å². The second-order valence-corrected chi connectivity index (χ2v) is 3.25. The van der Waals surface area contributed by atoms with E-state index in [1.165, 1.54) is 13.2 Å². The van der Waals surface area contributed by atoms with Gasteiger partial charge in [-0.05, 0) is 6.07 Å². The van der Waals surface area contributed by atoms with Gasteiger partial charge in [-0.2, -0.15) is 0 Å². The molecular formula is C12H9O4. The van der Waals surface area contributed by atoms with Gasteiger partial charge in [-0.25, -0.2) is 4.79 Å². The van der Waals surface area contributed by atoms with E-state index in [9.17, 15) is 9.59 Å². The lowest BCUT2D eigenvalue weighted by Gasteiger charge is -2.09. The number of hydrogen-bond donors (Lipinski definition) is 0. The van der Waals surface area contributed by atoms with Gasteiger partial charge >= 0.3 is 5.63 Å². The average molecular weight is 217 g/mol. The molecule has 0 saturated heterocycles. The van der Waals surface area contributed by atoms with Crippen molar-refractivity contribution in [1.82, 2.24) is 0 Å². The topological polar surface area (TPSA) is 56.5 Å². The van der Waals surface area contributed by atoms with E-state index in [0.29, 0.717) is 16.5 Å². The van der Waals surface area contributed by atoms with Crippen molar-refractivity contribution in [3.63, 3.8) is 0 Å². The molecule has 0 aliphatic carbocycles. The maximum atomic E-state index is 11.3. The summed E-state index contributed by atoms with van der Waals surface area (Å²) in [6.45, 7) is 0. The van der Waals surface area contributed by atoms with Crippen molar-refractivity contribution in [2.24, 2.45) is 0 Å². The summed E-state index contributed by atoms with van der Waals surface area (Å²) in [6.07, 6.45) is 0.868. The van der Waals surface area contributed by atoms with Gasteiger partial charge in [-0.15, -0.1) is 0 Å².